The number of pyridine rings is 1. The van der Waals surface area contributed by atoms with E-state index in [1.165, 1.54) is 24.4 Å². The highest BCUT2D eigenvalue weighted by atomic mass is 35.5. The number of hydrogen-bond donors (Lipinski definition) is 1. The molecule has 1 aromatic carbocycles. The third-order valence-electron chi connectivity index (χ3n) is 7.41. The lowest BCUT2D eigenvalue weighted by Gasteiger charge is -2.31. The summed E-state index contributed by atoms with van der Waals surface area (Å²) in [6.45, 7) is 3.79. The molecular formula is C29H33ClN8O3S. The molecule has 1 saturated carbocycles. The Balaban J connectivity index is 1.41. The first kappa shape index (κ1) is 29.7. The molecule has 0 saturated heterocycles. The van der Waals surface area contributed by atoms with E-state index < -0.39 is 10.0 Å². The van der Waals surface area contributed by atoms with E-state index >= 15 is 0 Å². The second-order valence-electron chi connectivity index (χ2n) is 10.9. The molecule has 0 spiro atoms. The first-order valence-electron chi connectivity index (χ1n) is 13.8. The number of sulfonamides is 1. The van der Waals surface area contributed by atoms with Crippen LogP contribution in [0.15, 0.2) is 63.5 Å². The second-order valence-corrected chi connectivity index (χ2v) is 12.9. The van der Waals surface area contributed by atoms with Gasteiger partial charge in [0.1, 0.15) is 21.9 Å². The van der Waals surface area contributed by atoms with Gasteiger partial charge in [0.05, 0.1) is 11.2 Å². The molecule has 220 valence electrons. The molecule has 1 N–H and O–H groups in total. The van der Waals surface area contributed by atoms with Crippen molar-refractivity contribution in [2.24, 2.45) is 10.9 Å². The van der Waals surface area contributed by atoms with E-state index in [0.717, 1.165) is 25.7 Å². The number of aliphatic imine (C=N–C) groups is 1. The molecule has 0 radical (unpaired) electrons. The summed E-state index contributed by atoms with van der Waals surface area (Å²) in [4.78, 5) is 38.1. The first-order chi connectivity index (χ1) is 20.0. The molecule has 0 atom stereocenters. The summed E-state index contributed by atoms with van der Waals surface area (Å²) in [5.41, 5.74) is 1.06. The third kappa shape index (κ3) is 6.35. The molecule has 4 aromatic rings. The minimum Gasteiger partial charge on any atom is -0.306 e. The van der Waals surface area contributed by atoms with Crippen LogP contribution in [0.2, 0.25) is 5.02 Å². The van der Waals surface area contributed by atoms with Gasteiger partial charge in [-0.2, -0.15) is 4.98 Å². The molecule has 3 heterocycles. The lowest BCUT2D eigenvalue weighted by molar-refractivity contribution is 0.215. The Labute approximate surface area is 249 Å². The van der Waals surface area contributed by atoms with Gasteiger partial charge in [-0.05, 0) is 83.8 Å². The smallest absolute Gasteiger partial charge is 0.279 e. The van der Waals surface area contributed by atoms with E-state index in [1.54, 1.807) is 29.0 Å². The number of aromatic nitrogens is 5. The highest BCUT2D eigenvalue weighted by molar-refractivity contribution is 7.92. The number of nitrogens with one attached hydrogen (secondary N) is 1. The van der Waals surface area contributed by atoms with Crippen LogP contribution >= 0.6 is 11.6 Å². The minimum atomic E-state index is -3.95. The Hall–Kier alpha value is -3.74. The summed E-state index contributed by atoms with van der Waals surface area (Å²) in [7, 11) is 0.285. The average Bonchev–Trinajstić information content (AvgIpc) is 2.96. The molecule has 1 aliphatic carbocycles. The monoisotopic (exact) mass is 608 g/mol. The van der Waals surface area contributed by atoms with Crippen molar-refractivity contribution in [3.8, 4) is 11.3 Å². The zero-order valence-corrected chi connectivity index (χ0v) is 25.5. The number of anilines is 1. The number of halogens is 1. The molecule has 0 bridgehead atoms. The fraction of sp³-hybridized carbons (Fsp3) is 0.379. The maximum Gasteiger partial charge on any atom is 0.279 e. The van der Waals surface area contributed by atoms with Crippen molar-refractivity contribution >= 4 is 50.8 Å². The zero-order valence-electron chi connectivity index (χ0n) is 23.9. The van der Waals surface area contributed by atoms with E-state index in [4.69, 9.17) is 11.6 Å². The Kier molecular flexibility index (Phi) is 8.67. The van der Waals surface area contributed by atoms with Crippen LogP contribution in [-0.2, 0) is 10.0 Å². The first-order valence-corrected chi connectivity index (χ1v) is 15.6. The van der Waals surface area contributed by atoms with Gasteiger partial charge < -0.3 is 4.90 Å². The predicted octanol–water partition coefficient (Wildman–Crippen LogP) is 5.11. The van der Waals surface area contributed by atoms with Crippen molar-refractivity contribution in [3.05, 3.63) is 64.2 Å². The van der Waals surface area contributed by atoms with Crippen LogP contribution in [0.3, 0.4) is 0 Å². The number of nitrogens with zero attached hydrogens (tertiary/aromatic N) is 7. The topological polar surface area (TPSA) is 135 Å². The van der Waals surface area contributed by atoms with Crippen LogP contribution in [0.4, 0.5) is 11.8 Å². The number of benzene rings is 1. The van der Waals surface area contributed by atoms with Crippen molar-refractivity contribution in [3.63, 3.8) is 0 Å². The van der Waals surface area contributed by atoms with Gasteiger partial charge in [0, 0.05) is 30.1 Å². The van der Waals surface area contributed by atoms with Crippen molar-refractivity contribution < 1.29 is 8.42 Å². The van der Waals surface area contributed by atoms with Crippen molar-refractivity contribution in [1.29, 1.82) is 0 Å². The lowest BCUT2D eigenvalue weighted by atomic mass is 9.86. The summed E-state index contributed by atoms with van der Waals surface area (Å²) in [5.74, 6) is 0.736. The summed E-state index contributed by atoms with van der Waals surface area (Å²) < 4.78 is 29.5. The Morgan fingerprint density at radius 3 is 2.43 bits per heavy atom. The molecule has 0 unspecified atom stereocenters. The number of rotatable bonds is 8. The summed E-state index contributed by atoms with van der Waals surface area (Å²) in [5, 5.41) is 0.0967. The molecule has 0 amide bonds. The number of fused-ring (bicyclic) bond motifs is 1. The zero-order chi connectivity index (χ0) is 30.0. The average molecular weight is 609 g/mol. The summed E-state index contributed by atoms with van der Waals surface area (Å²) in [6, 6.07) is 9.57. The van der Waals surface area contributed by atoms with Crippen molar-refractivity contribution in [2.75, 3.05) is 18.8 Å². The summed E-state index contributed by atoms with van der Waals surface area (Å²) >= 11 is 6.06. The van der Waals surface area contributed by atoms with E-state index in [2.05, 4.69) is 48.6 Å². The molecular weight excluding hydrogens is 576 g/mol. The van der Waals surface area contributed by atoms with E-state index in [-0.39, 0.29) is 39.0 Å². The quantitative estimate of drug-likeness (QED) is 0.273. The molecule has 0 aliphatic heterocycles. The summed E-state index contributed by atoms with van der Waals surface area (Å²) in [6.07, 6.45) is 9.29. The van der Waals surface area contributed by atoms with E-state index in [1.807, 2.05) is 20.1 Å². The molecule has 1 aliphatic rings. The van der Waals surface area contributed by atoms with Crippen LogP contribution < -0.4 is 10.3 Å². The fourth-order valence-corrected chi connectivity index (χ4v) is 6.64. The van der Waals surface area contributed by atoms with Gasteiger partial charge in [0.25, 0.3) is 21.5 Å². The Bertz CT molecular complexity index is 1780. The van der Waals surface area contributed by atoms with Crippen LogP contribution in [0.1, 0.15) is 45.6 Å². The van der Waals surface area contributed by atoms with Gasteiger partial charge in [-0.1, -0.05) is 23.7 Å². The van der Waals surface area contributed by atoms with Crippen molar-refractivity contribution in [2.45, 2.75) is 56.5 Å². The second kappa shape index (κ2) is 12.2. The van der Waals surface area contributed by atoms with E-state index in [9.17, 15) is 13.2 Å². The van der Waals surface area contributed by atoms with Crippen LogP contribution in [0.5, 0.6) is 0 Å². The van der Waals surface area contributed by atoms with Gasteiger partial charge in [-0.15, -0.1) is 0 Å². The van der Waals surface area contributed by atoms with Gasteiger partial charge in [0.15, 0.2) is 5.65 Å². The highest BCUT2D eigenvalue weighted by Crippen LogP contribution is 2.27. The van der Waals surface area contributed by atoms with Gasteiger partial charge in [-0.25, -0.2) is 28.4 Å². The number of hydrogen-bond acceptors (Lipinski definition) is 9. The predicted molar refractivity (Wildman–Crippen MR) is 165 cm³/mol. The van der Waals surface area contributed by atoms with Crippen molar-refractivity contribution in [1.82, 2.24) is 29.4 Å². The van der Waals surface area contributed by atoms with Gasteiger partial charge in [0.2, 0.25) is 0 Å². The van der Waals surface area contributed by atoms with Crippen LogP contribution in [-0.4, -0.2) is 64.2 Å². The largest absolute Gasteiger partial charge is 0.306 e. The molecule has 5 rings (SSSR count). The van der Waals surface area contributed by atoms with Crippen LogP contribution in [0.25, 0.3) is 22.4 Å². The molecule has 1 fully saturated rings. The SMILES string of the molecule is CC(C)n1c(=O)c(-c2ccc(NS(=O)(=O)c3ccccc3Cl)nc2)nc2cnc(N=CC3CCC(N(C)C)CC3)nc21. The van der Waals surface area contributed by atoms with Crippen LogP contribution in [0, 0.1) is 5.92 Å². The highest BCUT2D eigenvalue weighted by Gasteiger charge is 2.22. The maximum atomic E-state index is 13.6. The van der Waals surface area contributed by atoms with Gasteiger partial charge >= 0.3 is 0 Å². The standard InChI is InChI=1S/C29H33ClN8O3S/c1-18(2)38-27-23(17-33-29(35-27)32-15-19-9-12-21(13-10-19)37(3)4)34-26(28(38)39)20-11-14-25(31-16-20)36-42(40,41)24-8-6-5-7-22(24)30/h5-8,11,14-19,21H,9-10,12-13H2,1-4H3,(H,31,36). The normalized spacial score (nSPS) is 17.9. The Morgan fingerprint density at radius 1 is 1.05 bits per heavy atom. The third-order valence-corrected chi connectivity index (χ3v) is 9.26. The van der Waals surface area contributed by atoms with Gasteiger partial charge in [-0.3, -0.25) is 14.1 Å². The molecule has 42 heavy (non-hydrogen) atoms. The maximum absolute atomic E-state index is 13.6. The lowest BCUT2D eigenvalue weighted by Crippen LogP contribution is -2.32. The Morgan fingerprint density at radius 2 is 1.79 bits per heavy atom. The fourth-order valence-electron chi connectivity index (χ4n) is 5.11. The molecule has 13 heteroatoms. The minimum absolute atomic E-state index is 0.0611. The molecule has 11 nitrogen and oxygen atoms in total. The van der Waals surface area contributed by atoms with E-state index in [0.29, 0.717) is 28.7 Å². The molecule has 3 aromatic heterocycles.